The number of sulfonamides is 1. The molecule has 2 aliphatic heterocycles. The number of rotatable bonds is 4. The summed E-state index contributed by atoms with van der Waals surface area (Å²) in [6.07, 6.45) is 0. The van der Waals surface area contributed by atoms with Gasteiger partial charge in [-0.05, 0) is 24.3 Å². The van der Waals surface area contributed by atoms with Gasteiger partial charge in [0.2, 0.25) is 15.9 Å². The molecule has 146 valence electrons. The Morgan fingerprint density at radius 2 is 1.89 bits per heavy atom. The molecule has 1 atom stereocenters. The quantitative estimate of drug-likeness (QED) is 0.647. The largest absolute Gasteiger partial charge is 0.480 e. The van der Waals surface area contributed by atoms with E-state index in [1.54, 1.807) is 0 Å². The Hall–Kier alpha value is -2.50. The Labute approximate surface area is 155 Å². The van der Waals surface area contributed by atoms with Gasteiger partial charge in [0, 0.05) is 25.2 Å². The number of carboxylic acid groups (broad SMARTS) is 1. The Kier molecular flexibility index (Phi) is 5.44. The number of aliphatic carboxylic acids is 1. The third-order valence-electron chi connectivity index (χ3n) is 4.42. The fourth-order valence-corrected chi connectivity index (χ4v) is 4.35. The SMILES string of the molecule is O=C1CN(S(=O)(=O)c2ccc(C(=O)N3CCOCC3C(=O)O)cc2)CCN1. The van der Waals surface area contributed by atoms with E-state index in [1.807, 2.05) is 0 Å². The van der Waals surface area contributed by atoms with Gasteiger partial charge in [0.1, 0.15) is 0 Å². The van der Waals surface area contributed by atoms with Crippen LogP contribution in [-0.4, -0.2) is 85.9 Å². The first-order valence-corrected chi connectivity index (χ1v) is 9.73. The van der Waals surface area contributed by atoms with Crippen molar-refractivity contribution < 1.29 is 32.6 Å². The fourth-order valence-electron chi connectivity index (χ4n) is 2.96. The van der Waals surface area contributed by atoms with E-state index in [2.05, 4.69) is 5.32 Å². The molecule has 0 radical (unpaired) electrons. The second kappa shape index (κ2) is 7.62. The molecular weight excluding hydrogens is 378 g/mol. The van der Waals surface area contributed by atoms with Crippen molar-refractivity contribution in [1.29, 1.82) is 0 Å². The van der Waals surface area contributed by atoms with Gasteiger partial charge in [-0.15, -0.1) is 0 Å². The van der Waals surface area contributed by atoms with Crippen molar-refractivity contribution in [2.45, 2.75) is 10.9 Å². The second-order valence-electron chi connectivity index (χ2n) is 6.14. The van der Waals surface area contributed by atoms with Gasteiger partial charge >= 0.3 is 5.97 Å². The van der Waals surface area contributed by atoms with E-state index in [0.29, 0.717) is 0 Å². The van der Waals surface area contributed by atoms with Crippen molar-refractivity contribution in [3.63, 3.8) is 0 Å². The molecule has 2 fully saturated rings. The van der Waals surface area contributed by atoms with E-state index in [0.717, 1.165) is 4.31 Å². The van der Waals surface area contributed by atoms with Crippen molar-refractivity contribution in [2.24, 2.45) is 0 Å². The van der Waals surface area contributed by atoms with E-state index in [9.17, 15) is 27.9 Å². The van der Waals surface area contributed by atoms with E-state index in [1.165, 1.54) is 29.2 Å². The highest BCUT2D eigenvalue weighted by atomic mass is 32.2. The molecule has 1 aromatic carbocycles. The summed E-state index contributed by atoms with van der Waals surface area (Å²) in [6.45, 7) is 0.435. The lowest BCUT2D eigenvalue weighted by molar-refractivity contribution is -0.147. The number of hydrogen-bond donors (Lipinski definition) is 2. The summed E-state index contributed by atoms with van der Waals surface area (Å²) in [4.78, 5) is 36.5. The van der Waals surface area contributed by atoms with Crippen molar-refractivity contribution >= 4 is 27.8 Å². The van der Waals surface area contributed by atoms with Crippen LogP contribution in [0.15, 0.2) is 29.2 Å². The molecular formula is C16H19N3O7S. The molecule has 3 rings (SSSR count). The first-order valence-electron chi connectivity index (χ1n) is 8.29. The lowest BCUT2D eigenvalue weighted by Gasteiger charge is -2.33. The smallest absolute Gasteiger partial charge is 0.328 e. The van der Waals surface area contributed by atoms with Gasteiger partial charge in [0.15, 0.2) is 6.04 Å². The van der Waals surface area contributed by atoms with E-state index < -0.39 is 27.9 Å². The van der Waals surface area contributed by atoms with Crippen LogP contribution >= 0.6 is 0 Å². The Morgan fingerprint density at radius 1 is 1.19 bits per heavy atom. The summed E-state index contributed by atoms with van der Waals surface area (Å²) in [5.41, 5.74) is 0.179. The molecule has 2 heterocycles. The summed E-state index contributed by atoms with van der Waals surface area (Å²) in [6, 6.07) is 4.17. The maximum atomic E-state index is 12.6. The minimum atomic E-state index is -3.85. The highest BCUT2D eigenvalue weighted by molar-refractivity contribution is 7.89. The average molecular weight is 397 g/mol. The molecule has 11 heteroatoms. The molecule has 0 aromatic heterocycles. The number of morpholine rings is 1. The first-order chi connectivity index (χ1) is 12.8. The lowest BCUT2D eigenvalue weighted by atomic mass is 10.1. The molecule has 1 aromatic rings. The number of amides is 2. The van der Waals surface area contributed by atoms with Crippen LogP contribution in [0.3, 0.4) is 0 Å². The number of hydrogen-bond acceptors (Lipinski definition) is 6. The van der Waals surface area contributed by atoms with Gasteiger partial charge in [0.25, 0.3) is 5.91 Å². The molecule has 2 saturated heterocycles. The molecule has 1 unspecified atom stereocenters. The number of carbonyl (C=O) groups is 3. The number of nitrogens with zero attached hydrogens (tertiary/aromatic N) is 2. The maximum Gasteiger partial charge on any atom is 0.328 e. The third kappa shape index (κ3) is 3.94. The molecule has 0 bridgehead atoms. The van der Waals surface area contributed by atoms with Crippen molar-refractivity contribution in [3.05, 3.63) is 29.8 Å². The molecule has 2 aliphatic rings. The van der Waals surface area contributed by atoms with Crippen LogP contribution in [0.5, 0.6) is 0 Å². The van der Waals surface area contributed by atoms with Crippen LogP contribution in [0.25, 0.3) is 0 Å². The van der Waals surface area contributed by atoms with Gasteiger partial charge < -0.3 is 20.1 Å². The molecule has 27 heavy (non-hydrogen) atoms. The van der Waals surface area contributed by atoms with Crippen LogP contribution in [-0.2, 0) is 24.3 Å². The predicted molar refractivity (Wildman–Crippen MR) is 91.5 cm³/mol. The standard InChI is InChI=1S/C16H19N3O7S/c20-14-9-18(6-5-17-14)27(24,25)12-3-1-11(2-4-12)15(21)19-7-8-26-10-13(19)16(22)23/h1-4,13H,5-10H2,(H,17,20)(H,22,23). The van der Waals surface area contributed by atoms with Gasteiger partial charge in [-0.1, -0.05) is 0 Å². The first kappa shape index (κ1) is 19.3. The lowest BCUT2D eigenvalue weighted by Crippen LogP contribution is -2.52. The number of benzene rings is 1. The summed E-state index contributed by atoms with van der Waals surface area (Å²) >= 11 is 0. The number of carboxylic acids is 1. The zero-order valence-corrected chi connectivity index (χ0v) is 15.1. The topological polar surface area (TPSA) is 133 Å². The van der Waals surface area contributed by atoms with Crippen LogP contribution in [0.4, 0.5) is 0 Å². The van der Waals surface area contributed by atoms with Crippen LogP contribution in [0.1, 0.15) is 10.4 Å². The van der Waals surface area contributed by atoms with Crippen LogP contribution < -0.4 is 5.32 Å². The maximum absolute atomic E-state index is 12.6. The fraction of sp³-hybridized carbons (Fsp3) is 0.438. The monoisotopic (exact) mass is 397 g/mol. The van der Waals surface area contributed by atoms with E-state index in [4.69, 9.17) is 4.74 Å². The van der Waals surface area contributed by atoms with Crippen molar-refractivity contribution in [2.75, 3.05) is 39.4 Å². The predicted octanol–water partition coefficient (Wildman–Crippen LogP) is -1.27. The Balaban J connectivity index is 1.79. The van der Waals surface area contributed by atoms with Gasteiger partial charge in [-0.3, -0.25) is 9.59 Å². The van der Waals surface area contributed by atoms with Gasteiger partial charge in [-0.25, -0.2) is 13.2 Å². The highest BCUT2D eigenvalue weighted by Gasteiger charge is 2.34. The van der Waals surface area contributed by atoms with Crippen molar-refractivity contribution in [3.8, 4) is 0 Å². The molecule has 2 N–H and O–H groups in total. The van der Waals surface area contributed by atoms with Crippen LogP contribution in [0.2, 0.25) is 0 Å². The molecule has 0 aliphatic carbocycles. The van der Waals surface area contributed by atoms with Crippen LogP contribution in [0, 0.1) is 0 Å². The van der Waals surface area contributed by atoms with E-state index >= 15 is 0 Å². The number of carbonyl (C=O) groups excluding carboxylic acids is 2. The molecule has 10 nitrogen and oxygen atoms in total. The molecule has 0 saturated carbocycles. The zero-order chi connectivity index (χ0) is 19.6. The summed E-state index contributed by atoms with van der Waals surface area (Å²) < 4.78 is 31.4. The minimum absolute atomic E-state index is 0.0366. The zero-order valence-electron chi connectivity index (χ0n) is 14.3. The summed E-state index contributed by atoms with van der Waals surface area (Å²) in [5.74, 6) is -2.04. The number of nitrogens with one attached hydrogen (secondary N) is 1. The average Bonchev–Trinajstić information content (AvgIpc) is 2.67. The van der Waals surface area contributed by atoms with Gasteiger partial charge in [0.05, 0.1) is 24.7 Å². The molecule has 0 spiro atoms. The van der Waals surface area contributed by atoms with Crippen molar-refractivity contribution in [1.82, 2.24) is 14.5 Å². The Bertz CT molecular complexity index is 853. The number of ether oxygens (including phenoxy) is 1. The Morgan fingerprint density at radius 3 is 2.52 bits per heavy atom. The summed E-state index contributed by atoms with van der Waals surface area (Å²) in [7, 11) is -3.85. The number of piperazine rings is 1. The van der Waals surface area contributed by atoms with E-state index in [-0.39, 0.29) is 55.8 Å². The molecule has 2 amide bonds. The normalized spacial score (nSPS) is 21.6. The second-order valence-corrected chi connectivity index (χ2v) is 8.08. The van der Waals surface area contributed by atoms with Gasteiger partial charge in [-0.2, -0.15) is 4.31 Å². The third-order valence-corrected chi connectivity index (χ3v) is 6.28. The minimum Gasteiger partial charge on any atom is -0.480 e. The summed E-state index contributed by atoms with van der Waals surface area (Å²) in [5, 5.41) is 11.8. The highest BCUT2D eigenvalue weighted by Crippen LogP contribution is 2.19.